The van der Waals surface area contributed by atoms with E-state index in [1.54, 1.807) is 18.2 Å². The minimum atomic E-state index is -2.92. The van der Waals surface area contributed by atoms with Gasteiger partial charge in [-0.15, -0.1) is 0 Å². The van der Waals surface area contributed by atoms with E-state index in [-0.39, 0.29) is 16.2 Å². The second-order valence-electron chi connectivity index (χ2n) is 5.46. The summed E-state index contributed by atoms with van der Waals surface area (Å²) in [5, 5.41) is 10.8. The van der Waals surface area contributed by atoms with Gasteiger partial charge in [0.15, 0.2) is 0 Å². The molecule has 2 aliphatic rings. The predicted molar refractivity (Wildman–Crippen MR) is 71.2 cm³/mol. The highest BCUT2D eigenvalue weighted by molar-refractivity contribution is 7.86. The summed E-state index contributed by atoms with van der Waals surface area (Å²) in [4.78, 5) is 0. The van der Waals surface area contributed by atoms with Crippen LogP contribution >= 0.6 is 0 Å². The minimum Gasteiger partial charge on any atom is -0.434 e. The third kappa shape index (κ3) is 2.35. The van der Waals surface area contributed by atoms with Gasteiger partial charge in [-0.1, -0.05) is 18.2 Å². The molecule has 2 bridgehead atoms. The van der Waals surface area contributed by atoms with E-state index in [0.29, 0.717) is 18.4 Å². The fraction of sp³-hybridized carbons (Fsp3) is 0.571. The third-order valence-electron chi connectivity index (χ3n) is 4.20. The molecule has 1 aromatic carbocycles. The van der Waals surface area contributed by atoms with Gasteiger partial charge in [0, 0.05) is 26.9 Å². The molecule has 0 saturated carbocycles. The molecule has 3 rings (SSSR count). The summed E-state index contributed by atoms with van der Waals surface area (Å²) < 4.78 is 41.5. The number of halogens is 2. The van der Waals surface area contributed by atoms with Crippen molar-refractivity contribution in [3.8, 4) is 5.75 Å². The predicted octanol–water partition coefficient (Wildman–Crippen LogP) is 2.55. The normalized spacial score (nSPS) is 36.3. The van der Waals surface area contributed by atoms with E-state index in [0.717, 1.165) is 12.8 Å². The van der Waals surface area contributed by atoms with Gasteiger partial charge in [0.1, 0.15) is 5.75 Å². The smallest absolute Gasteiger partial charge is 0.387 e. The minimum absolute atomic E-state index is 0.0112. The zero-order chi connectivity index (χ0) is 14.3. The van der Waals surface area contributed by atoms with E-state index >= 15 is 0 Å². The number of alkyl halides is 2. The van der Waals surface area contributed by atoms with E-state index in [1.807, 2.05) is 0 Å². The van der Waals surface area contributed by atoms with E-state index in [9.17, 15) is 18.1 Å². The summed E-state index contributed by atoms with van der Waals surface area (Å²) >= 11 is 0. The largest absolute Gasteiger partial charge is 0.434 e. The fourth-order valence-corrected chi connectivity index (χ4v) is 5.51. The van der Waals surface area contributed by atoms with Gasteiger partial charge in [0.2, 0.25) is 0 Å². The van der Waals surface area contributed by atoms with Crippen LogP contribution in [-0.4, -0.2) is 26.4 Å². The average Bonchev–Trinajstić information content (AvgIpc) is 2.62. The average molecular weight is 302 g/mol. The second kappa shape index (κ2) is 5.07. The maximum Gasteiger partial charge on any atom is 0.387 e. The highest BCUT2D eigenvalue weighted by Gasteiger charge is 2.49. The van der Waals surface area contributed by atoms with Gasteiger partial charge >= 0.3 is 6.61 Å². The Balaban J connectivity index is 1.94. The first-order valence-corrected chi connectivity index (χ1v) is 7.93. The Bertz CT molecular complexity index is 519. The molecule has 2 unspecified atom stereocenters. The van der Waals surface area contributed by atoms with E-state index < -0.39 is 23.0 Å². The lowest BCUT2D eigenvalue weighted by molar-refractivity contribution is -0.0556. The van der Waals surface area contributed by atoms with Crippen molar-refractivity contribution in [2.24, 2.45) is 0 Å². The molecule has 2 fully saturated rings. The molecule has 1 N–H and O–H groups in total. The summed E-state index contributed by atoms with van der Waals surface area (Å²) in [6.07, 6.45) is 2.36. The van der Waals surface area contributed by atoms with Crippen LogP contribution in [0.15, 0.2) is 24.3 Å². The van der Waals surface area contributed by atoms with Crippen molar-refractivity contribution in [1.82, 2.24) is 0 Å². The highest BCUT2D eigenvalue weighted by Crippen LogP contribution is 2.48. The molecule has 2 heterocycles. The molecular formula is C14H16F2O3S. The maximum absolute atomic E-state index is 12.5. The van der Waals surface area contributed by atoms with Crippen LogP contribution in [0.25, 0.3) is 0 Å². The van der Waals surface area contributed by atoms with E-state index in [2.05, 4.69) is 4.74 Å². The van der Waals surface area contributed by atoms with Gasteiger partial charge in [-0.05, 0) is 31.7 Å². The van der Waals surface area contributed by atoms with Gasteiger partial charge in [-0.2, -0.15) is 8.78 Å². The van der Waals surface area contributed by atoms with Crippen LogP contribution in [0.5, 0.6) is 5.75 Å². The number of fused-ring (bicyclic) bond motifs is 2. The Kier molecular flexibility index (Phi) is 3.54. The van der Waals surface area contributed by atoms with Crippen LogP contribution in [-0.2, 0) is 16.4 Å². The van der Waals surface area contributed by atoms with Crippen molar-refractivity contribution in [2.45, 2.75) is 48.4 Å². The summed E-state index contributed by atoms with van der Waals surface area (Å²) in [6, 6.07) is 6.34. The molecule has 2 saturated heterocycles. The number of hydrogen-bond donors (Lipinski definition) is 1. The van der Waals surface area contributed by atoms with E-state index in [4.69, 9.17) is 0 Å². The monoisotopic (exact) mass is 302 g/mol. The van der Waals surface area contributed by atoms with Crippen molar-refractivity contribution >= 4 is 10.8 Å². The zero-order valence-electron chi connectivity index (χ0n) is 10.8. The maximum atomic E-state index is 12.5. The first kappa shape index (κ1) is 13.9. The van der Waals surface area contributed by atoms with Crippen LogP contribution < -0.4 is 4.74 Å². The molecule has 2 aliphatic heterocycles. The lowest BCUT2D eigenvalue weighted by Crippen LogP contribution is -2.40. The van der Waals surface area contributed by atoms with Crippen LogP contribution in [0.3, 0.4) is 0 Å². The Labute approximate surface area is 118 Å². The molecule has 0 aliphatic carbocycles. The van der Waals surface area contributed by atoms with Gasteiger partial charge in [0.05, 0.1) is 5.60 Å². The summed E-state index contributed by atoms with van der Waals surface area (Å²) in [5.74, 6) is 0.0112. The van der Waals surface area contributed by atoms with Crippen LogP contribution in [0.1, 0.15) is 31.2 Å². The van der Waals surface area contributed by atoms with Crippen molar-refractivity contribution < 1.29 is 22.8 Å². The molecule has 20 heavy (non-hydrogen) atoms. The Morgan fingerprint density at radius 3 is 2.45 bits per heavy atom. The van der Waals surface area contributed by atoms with Crippen molar-refractivity contribution in [3.63, 3.8) is 0 Å². The number of para-hydroxylation sites is 1. The molecule has 3 nitrogen and oxygen atoms in total. The number of ether oxygens (including phenoxy) is 1. The van der Waals surface area contributed by atoms with Crippen molar-refractivity contribution in [3.05, 3.63) is 29.8 Å². The van der Waals surface area contributed by atoms with Crippen molar-refractivity contribution in [2.75, 3.05) is 0 Å². The van der Waals surface area contributed by atoms with Gasteiger partial charge < -0.3 is 9.84 Å². The quantitative estimate of drug-likeness (QED) is 0.933. The molecule has 0 amide bonds. The fourth-order valence-electron chi connectivity index (χ4n) is 3.35. The van der Waals surface area contributed by atoms with Gasteiger partial charge in [-0.3, -0.25) is 4.21 Å². The number of aliphatic hydroxyl groups is 1. The lowest BCUT2D eigenvalue weighted by atomic mass is 9.85. The topological polar surface area (TPSA) is 46.5 Å². The lowest BCUT2D eigenvalue weighted by Gasteiger charge is -2.37. The molecule has 0 radical (unpaired) electrons. The summed E-state index contributed by atoms with van der Waals surface area (Å²) in [7, 11) is -0.905. The summed E-state index contributed by atoms with van der Waals surface area (Å²) in [5.41, 5.74) is -0.834. The zero-order valence-corrected chi connectivity index (χ0v) is 11.6. The van der Waals surface area contributed by atoms with Gasteiger partial charge in [-0.25, -0.2) is 0 Å². The second-order valence-corrected chi connectivity index (χ2v) is 7.45. The van der Waals surface area contributed by atoms with Crippen molar-refractivity contribution in [1.29, 1.82) is 0 Å². The molecule has 6 heteroatoms. The first-order valence-electron chi connectivity index (χ1n) is 6.66. The van der Waals surface area contributed by atoms with Crippen LogP contribution in [0.4, 0.5) is 8.78 Å². The standard InChI is InChI=1S/C14H16F2O3S/c15-13(16)19-12-4-2-1-3-11(12)14(17)7-9-5-6-10(8-14)20(9)18/h1-4,9-10,13,17H,5-8H2. The number of hydrogen-bond acceptors (Lipinski definition) is 3. The molecule has 0 aromatic heterocycles. The Morgan fingerprint density at radius 2 is 1.85 bits per heavy atom. The Hall–Kier alpha value is -1.01. The molecule has 2 atom stereocenters. The number of rotatable bonds is 3. The Morgan fingerprint density at radius 1 is 1.25 bits per heavy atom. The third-order valence-corrected chi connectivity index (χ3v) is 6.32. The number of benzene rings is 1. The van der Waals surface area contributed by atoms with E-state index in [1.165, 1.54) is 6.07 Å². The van der Waals surface area contributed by atoms with Crippen LogP contribution in [0, 0.1) is 0 Å². The highest BCUT2D eigenvalue weighted by atomic mass is 32.2. The van der Waals surface area contributed by atoms with Crippen LogP contribution in [0.2, 0.25) is 0 Å². The molecule has 0 spiro atoms. The molecular weight excluding hydrogens is 286 g/mol. The molecule has 1 aromatic rings. The SMILES string of the molecule is O=S1C2CCC1CC(O)(c1ccccc1OC(F)F)C2. The molecule has 110 valence electrons. The summed E-state index contributed by atoms with van der Waals surface area (Å²) in [6.45, 7) is -2.92. The van der Waals surface area contributed by atoms with Gasteiger partial charge in [0.25, 0.3) is 0 Å². The first-order chi connectivity index (χ1) is 9.49.